The SMILES string of the molecule is CN(Cc1cccc(Cl)c1Cl)/C1=N/c2nnc(N)nc2OC(=O)C(=O)O1. The highest BCUT2D eigenvalue weighted by Gasteiger charge is 2.29. The fraction of sp³-hybridized carbons (Fsp3) is 0.143. The molecule has 134 valence electrons. The van der Waals surface area contributed by atoms with Crippen molar-refractivity contribution in [2.24, 2.45) is 4.99 Å². The minimum absolute atomic E-state index is 0.172. The Morgan fingerprint density at radius 1 is 1.15 bits per heavy atom. The zero-order valence-corrected chi connectivity index (χ0v) is 14.7. The topological polar surface area (TPSA) is 133 Å². The Morgan fingerprint density at radius 2 is 1.88 bits per heavy atom. The number of fused-ring (bicyclic) bond motifs is 1. The summed E-state index contributed by atoms with van der Waals surface area (Å²) in [5.41, 5.74) is 6.05. The first-order valence-electron chi connectivity index (χ1n) is 7.02. The number of ether oxygens (including phenoxy) is 2. The number of carbonyl (C=O) groups excluding carboxylic acids is 2. The van der Waals surface area contributed by atoms with Gasteiger partial charge >= 0.3 is 18.0 Å². The number of hydrogen-bond acceptors (Lipinski definition) is 10. The van der Waals surface area contributed by atoms with Gasteiger partial charge in [0.25, 0.3) is 5.88 Å². The van der Waals surface area contributed by atoms with Crippen molar-refractivity contribution in [1.82, 2.24) is 20.1 Å². The Balaban J connectivity index is 1.97. The van der Waals surface area contributed by atoms with Crippen LogP contribution in [0.5, 0.6) is 5.88 Å². The predicted octanol–water partition coefficient (Wildman–Crippen LogP) is 1.34. The van der Waals surface area contributed by atoms with E-state index < -0.39 is 11.9 Å². The molecule has 3 rings (SSSR count). The van der Waals surface area contributed by atoms with Gasteiger partial charge in [-0.1, -0.05) is 35.3 Å². The van der Waals surface area contributed by atoms with E-state index in [0.717, 1.165) is 0 Å². The summed E-state index contributed by atoms with van der Waals surface area (Å²) in [5.74, 6) is -3.37. The van der Waals surface area contributed by atoms with Gasteiger partial charge in [0.1, 0.15) is 0 Å². The predicted molar refractivity (Wildman–Crippen MR) is 91.0 cm³/mol. The Kier molecular flexibility index (Phi) is 4.87. The lowest BCUT2D eigenvalue weighted by molar-refractivity contribution is -0.157. The van der Waals surface area contributed by atoms with Crippen molar-refractivity contribution >= 4 is 52.9 Å². The van der Waals surface area contributed by atoms with Crippen LogP contribution in [0.25, 0.3) is 0 Å². The Labute approximate surface area is 156 Å². The number of carbonyl (C=O) groups is 2. The Morgan fingerprint density at radius 3 is 2.65 bits per heavy atom. The van der Waals surface area contributed by atoms with Crippen LogP contribution in [0, 0.1) is 0 Å². The monoisotopic (exact) mass is 396 g/mol. The molecule has 1 aromatic heterocycles. The van der Waals surface area contributed by atoms with Gasteiger partial charge in [0, 0.05) is 13.6 Å². The van der Waals surface area contributed by atoms with Crippen LogP contribution in [0.3, 0.4) is 0 Å². The van der Waals surface area contributed by atoms with E-state index in [0.29, 0.717) is 15.6 Å². The Bertz CT molecular complexity index is 936. The number of nitrogens with zero attached hydrogens (tertiary/aromatic N) is 5. The molecule has 0 atom stereocenters. The number of hydrogen-bond donors (Lipinski definition) is 1. The summed E-state index contributed by atoms with van der Waals surface area (Å²) in [6, 6.07) is 4.86. The standard InChI is InChI=1S/C14H10Cl2N6O4/c1-22(5-6-3-2-4-7(15)8(6)16)14-18-9-10(19-13(17)21-20-9)25-11(23)12(24)26-14/h2-4H,5H2,1H3,(H2,17,19,21)/b18-14-. The summed E-state index contributed by atoms with van der Waals surface area (Å²) in [6.45, 7) is 0.172. The highest BCUT2D eigenvalue weighted by molar-refractivity contribution is 6.42. The van der Waals surface area contributed by atoms with Crippen molar-refractivity contribution in [2.45, 2.75) is 6.54 Å². The summed E-state index contributed by atoms with van der Waals surface area (Å²) in [6.07, 6.45) is 0. The van der Waals surface area contributed by atoms with E-state index in [1.165, 1.54) is 4.90 Å². The van der Waals surface area contributed by atoms with Crippen LogP contribution >= 0.6 is 23.2 Å². The third-order valence-corrected chi connectivity index (χ3v) is 4.02. The van der Waals surface area contributed by atoms with Crippen LogP contribution in [0.15, 0.2) is 23.2 Å². The quantitative estimate of drug-likeness (QED) is 0.589. The first-order valence-corrected chi connectivity index (χ1v) is 7.77. The van der Waals surface area contributed by atoms with Gasteiger partial charge in [0.2, 0.25) is 11.8 Å². The van der Waals surface area contributed by atoms with Crippen molar-refractivity contribution < 1.29 is 19.1 Å². The smallest absolute Gasteiger partial charge is 0.395 e. The number of benzene rings is 1. The molecule has 2 N–H and O–H groups in total. The fourth-order valence-electron chi connectivity index (χ4n) is 1.98. The third-order valence-electron chi connectivity index (χ3n) is 3.16. The molecule has 12 heteroatoms. The second-order valence-corrected chi connectivity index (χ2v) is 5.83. The van der Waals surface area contributed by atoms with Crippen LogP contribution in [0.2, 0.25) is 10.0 Å². The lowest BCUT2D eigenvalue weighted by atomic mass is 10.2. The molecule has 0 unspecified atom stereocenters. The molecule has 0 amide bonds. The number of aliphatic imine (C=N–C) groups is 1. The normalized spacial score (nSPS) is 15.7. The van der Waals surface area contributed by atoms with Gasteiger partial charge in [-0.2, -0.15) is 9.98 Å². The first-order chi connectivity index (χ1) is 12.3. The van der Waals surface area contributed by atoms with Gasteiger partial charge in [-0.25, -0.2) is 9.59 Å². The van der Waals surface area contributed by atoms with Crippen LogP contribution in [0.1, 0.15) is 5.56 Å². The van der Waals surface area contributed by atoms with E-state index in [2.05, 4.69) is 20.2 Å². The van der Waals surface area contributed by atoms with E-state index in [9.17, 15) is 9.59 Å². The highest BCUT2D eigenvalue weighted by Crippen LogP contribution is 2.28. The maximum absolute atomic E-state index is 11.8. The summed E-state index contributed by atoms with van der Waals surface area (Å²) < 4.78 is 9.69. The average molecular weight is 397 g/mol. The molecule has 0 radical (unpaired) electrons. The molecule has 0 saturated heterocycles. The van der Waals surface area contributed by atoms with E-state index in [4.69, 9.17) is 38.4 Å². The zero-order valence-electron chi connectivity index (χ0n) is 13.1. The molecule has 2 heterocycles. The van der Waals surface area contributed by atoms with Gasteiger partial charge in [-0.05, 0) is 11.6 Å². The molecule has 0 saturated carbocycles. The third kappa shape index (κ3) is 3.65. The van der Waals surface area contributed by atoms with Gasteiger partial charge in [0.05, 0.1) is 10.0 Å². The van der Waals surface area contributed by atoms with E-state index in [1.807, 2.05) is 0 Å². The van der Waals surface area contributed by atoms with Gasteiger partial charge in [-0.15, -0.1) is 10.2 Å². The molecule has 0 spiro atoms. The van der Waals surface area contributed by atoms with E-state index in [1.54, 1.807) is 25.2 Å². The number of amidine groups is 1. The van der Waals surface area contributed by atoms with Crippen molar-refractivity contribution in [2.75, 3.05) is 12.8 Å². The molecule has 1 aliphatic rings. The second-order valence-electron chi connectivity index (χ2n) is 5.04. The maximum atomic E-state index is 11.8. The molecule has 2 aromatic rings. The van der Waals surface area contributed by atoms with Crippen molar-refractivity contribution in [3.8, 4) is 5.88 Å². The fourth-order valence-corrected chi connectivity index (χ4v) is 2.36. The number of nitrogens with two attached hydrogens (primary N) is 1. The lowest BCUT2D eigenvalue weighted by Gasteiger charge is -2.21. The number of halogens is 2. The summed E-state index contributed by atoms with van der Waals surface area (Å²) in [7, 11) is 1.56. The lowest BCUT2D eigenvalue weighted by Crippen LogP contribution is -2.35. The number of cyclic esters (lactones) is 1. The largest absolute Gasteiger partial charge is 0.425 e. The van der Waals surface area contributed by atoms with Gasteiger partial charge < -0.3 is 20.1 Å². The number of nitrogen functional groups attached to an aromatic ring is 1. The molecule has 0 bridgehead atoms. The first kappa shape index (κ1) is 17.8. The number of esters is 2. The highest BCUT2D eigenvalue weighted by atomic mass is 35.5. The van der Waals surface area contributed by atoms with Crippen molar-refractivity contribution in [1.29, 1.82) is 0 Å². The van der Waals surface area contributed by atoms with Crippen LogP contribution in [0.4, 0.5) is 11.8 Å². The average Bonchev–Trinajstić information content (AvgIpc) is 2.59. The summed E-state index contributed by atoms with van der Waals surface area (Å²) in [5, 5.41) is 7.93. The minimum Gasteiger partial charge on any atom is -0.395 e. The molecule has 1 aliphatic heterocycles. The minimum atomic E-state index is -1.30. The maximum Gasteiger partial charge on any atom is 0.425 e. The molecule has 0 fully saturated rings. The number of anilines is 1. The molecule has 1 aromatic carbocycles. The molecular formula is C14H10Cl2N6O4. The van der Waals surface area contributed by atoms with Crippen molar-refractivity contribution in [3.05, 3.63) is 33.8 Å². The molecule has 0 aliphatic carbocycles. The van der Waals surface area contributed by atoms with Crippen molar-refractivity contribution in [3.63, 3.8) is 0 Å². The summed E-state index contributed by atoms with van der Waals surface area (Å²) in [4.78, 5) is 32.7. The summed E-state index contributed by atoms with van der Waals surface area (Å²) >= 11 is 12.1. The molecular weight excluding hydrogens is 387 g/mol. The van der Waals surface area contributed by atoms with Crippen LogP contribution in [-0.4, -0.2) is 45.1 Å². The van der Waals surface area contributed by atoms with E-state index >= 15 is 0 Å². The zero-order chi connectivity index (χ0) is 18.8. The van der Waals surface area contributed by atoms with Gasteiger partial charge in [0.15, 0.2) is 0 Å². The number of aromatic nitrogens is 3. The second kappa shape index (κ2) is 7.10. The number of rotatable bonds is 2. The Hall–Kier alpha value is -2.98. The van der Waals surface area contributed by atoms with Crippen LogP contribution < -0.4 is 10.5 Å². The van der Waals surface area contributed by atoms with E-state index in [-0.39, 0.29) is 30.2 Å². The van der Waals surface area contributed by atoms with Gasteiger partial charge in [-0.3, -0.25) is 0 Å². The molecule has 26 heavy (non-hydrogen) atoms. The molecule has 10 nitrogen and oxygen atoms in total. The van der Waals surface area contributed by atoms with Crippen LogP contribution in [-0.2, 0) is 20.9 Å².